The van der Waals surface area contributed by atoms with Gasteiger partial charge in [0.15, 0.2) is 0 Å². The summed E-state index contributed by atoms with van der Waals surface area (Å²) in [4.78, 5) is 13.2. The molecule has 2 heterocycles. The van der Waals surface area contributed by atoms with Crippen molar-refractivity contribution in [3.63, 3.8) is 0 Å². The Morgan fingerprint density at radius 3 is 2.70 bits per heavy atom. The van der Waals surface area contributed by atoms with E-state index < -0.39 is 0 Å². The molecule has 0 saturated heterocycles. The Hall–Kier alpha value is -1.62. The van der Waals surface area contributed by atoms with Crippen molar-refractivity contribution in [2.45, 2.75) is 45.6 Å². The fraction of sp³-hybridized carbons (Fsp3) is 0.500. The van der Waals surface area contributed by atoms with Gasteiger partial charge in [0.25, 0.3) is 0 Å². The number of hydrogen-bond donors (Lipinski definition) is 1. The second-order valence-corrected chi connectivity index (χ2v) is 5.65. The van der Waals surface area contributed by atoms with Gasteiger partial charge in [-0.25, -0.2) is 15.0 Å². The topological polar surface area (TPSA) is 63.8 Å². The molecule has 0 aromatic carbocycles. The summed E-state index contributed by atoms with van der Waals surface area (Å²) in [7, 11) is 0. The van der Waals surface area contributed by atoms with Gasteiger partial charge in [-0.2, -0.15) is 0 Å². The van der Waals surface area contributed by atoms with Crippen molar-refractivity contribution >= 4 is 17.4 Å². The summed E-state index contributed by atoms with van der Waals surface area (Å²) in [6.07, 6.45) is 4.00. The molecule has 0 bridgehead atoms. The van der Waals surface area contributed by atoms with E-state index in [1.54, 1.807) is 6.20 Å². The normalized spacial score (nSPS) is 16.2. The van der Waals surface area contributed by atoms with Gasteiger partial charge in [-0.1, -0.05) is 11.6 Å². The molecule has 2 aromatic rings. The fourth-order valence-electron chi connectivity index (χ4n) is 2.01. The van der Waals surface area contributed by atoms with Crippen LogP contribution in [-0.2, 0) is 0 Å². The van der Waals surface area contributed by atoms with Crippen molar-refractivity contribution in [1.29, 1.82) is 0 Å². The smallest absolute Gasteiger partial charge is 0.216 e. The molecule has 20 heavy (non-hydrogen) atoms. The highest BCUT2D eigenvalue weighted by Gasteiger charge is 2.28. The zero-order chi connectivity index (χ0) is 14.3. The van der Waals surface area contributed by atoms with Gasteiger partial charge in [-0.3, -0.25) is 0 Å². The molecule has 1 saturated carbocycles. The van der Waals surface area contributed by atoms with Crippen molar-refractivity contribution in [2.75, 3.05) is 5.32 Å². The monoisotopic (exact) mass is 292 g/mol. The summed E-state index contributed by atoms with van der Waals surface area (Å²) in [6.45, 7) is 5.77. The van der Waals surface area contributed by atoms with E-state index in [4.69, 9.17) is 16.0 Å². The minimum Gasteiger partial charge on any atom is -0.444 e. The Morgan fingerprint density at radius 2 is 2.10 bits per heavy atom. The van der Waals surface area contributed by atoms with Gasteiger partial charge in [0, 0.05) is 11.5 Å². The van der Waals surface area contributed by atoms with Crippen LogP contribution in [0.3, 0.4) is 0 Å². The Bertz CT molecular complexity index is 636. The number of aromatic nitrogens is 3. The van der Waals surface area contributed by atoms with E-state index in [1.165, 1.54) is 0 Å². The highest BCUT2D eigenvalue weighted by Crippen LogP contribution is 2.39. The SMILES string of the molecule is Cc1cnc(C(C)Nc2nc(C3CC3)nc(Cl)c2C)o1. The van der Waals surface area contributed by atoms with E-state index in [9.17, 15) is 0 Å². The molecule has 1 aliphatic carbocycles. The Kier molecular flexibility index (Phi) is 3.38. The van der Waals surface area contributed by atoms with Crippen LogP contribution in [0.2, 0.25) is 5.15 Å². The lowest BCUT2D eigenvalue weighted by molar-refractivity contribution is 0.453. The summed E-state index contributed by atoms with van der Waals surface area (Å²) in [5.74, 6) is 3.50. The summed E-state index contributed by atoms with van der Waals surface area (Å²) in [5.41, 5.74) is 0.853. The first kappa shape index (κ1) is 13.4. The third-order valence-corrected chi connectivity index (χ3v) is 3.78. The Balaban J connectivity index is 1.85. The lowest BCUT2D eigenvalue weighted by atomic mass is 10.2. The van der Waals surface area contributed by atoms with Gasteiger partial charge >= 0.3 is 0 Å². The lowest BCUT2D eigenvalue weighted by Crippen LogP contribution is -2.11. The third-order valence-electron chi connectivity index (χ3n) is 3.41. The fourth-order valence-corrected chi connectivity index (χ4v) is 2.19. The van der Waals surface area contributed by atoms with Crippen LogP contribution in [0.5, 0.6) is 0 Å². The minimum absolute atomic E-state index is 0.0691. The van der Waals surface area contributed by atoms with E-state index in [0.29, 0.717) is 17.0 Å². The van der Waals surface area contributed by atoms with E-state index in [0.717, 1.165) is 35.8 Å². The van der Waals surface area contributed by atoms with Crippen molar-refractivity contribution < 1.29 is 4.42 Å². The second-order valence-electron chi connectivity index (χ2n) is 5.30. The molecule has 1 unspecified atom stereocenters. The molecule has 2 aromatic heterocycles. The number of nitrogens with zero attached hydrogens (tertiary/aromatic N) is 3. The molecule has 0 radical (unpaired) electrons. The molecular formula is C14H17ClN4O. The first-order chi connectivity index (χ1) is 9.54. The molecule has 3 rings (SSSR count). The Labute approximate surface area is 122 Å². The van der Waals surface area contributed by atoms with Gasteiger partial charge in [0.1, 0.15) is 28.6 Å². The maximum Gasteiger partial charge on any atom is 0.216 e. The van der Waals surface area contributed by atoms with Crippen molar-refractivity contribution in [1.82, 2.24) is 15.0 Å². The molecule has 1 aliphatic rings. The maximum atomic E-state index is 6.19. The van der Waals surface area contributed by atoms with Gasteiger partial charge < -0.3 is 9.73 Å². The number of nitrogens with one attached hydrogen (secondary N) is 1. The van der Waals surface area contributed by atoms with Crippen LogP contribution in [0.15, 0.2) is 10.6 Å². The summed E-state index contributed by atoms with van der Waals surface area (Å²) in [6, 6.07) is -0.0691. The molecule has 1 atom stereocenters. The number of hydrogen-bond acceptors (Lipinski definition) is 5. The molecule has 0 amide bonds. The molecule has 0 aliphatic heterocycles. The van der Waals surface area contributed by atoms with Crippen molar-refractivity contribution in [2.24, 2.45) is 0 Å². The molecular weight excluding hydrogens is 276 g/mol. The lowest BCUT2D eigenvalue weighted by Gasteiger charge is -2.14. The van der Waals surface area contributed by atoms with Gasteiger partial charge in [-0.05, 0) is 33.6 Å². The van der Waals surface area contributed by atoms with Crippen LogP contribution >= 0.6 is 11.6 Å². The van der Waals surface area contributed by atoms with E-state index in [1.807, 2.05) is 20.8 Å². The Morgan fingerprint density at radius 1 is 1.35 bits per heavy atom. The predicted molar refractivity (Wildman–Crippen MR) is 77.0 cm³/mol. The van der Waals surface area contributed by atoms with Crippen LogP contribution in [0.25, 0.3) is 0 Å². The van der Waals surface area contributed by atoms with Crippen LogP contribution in [-0.4, -0.2) is 15.0 Å². The standard InChI is InChI=1S/C14H17ClN4O/c1-7-6-16-14(20-7)9(3)17-12-8(2)11(15)18-13(19-12)10-4-5-10/h6,9-10H,4-5H2,1-3H3,(H,17,18,19). The maximum absolute atomic E-state index is 6.19. The van der Waals surface area contributed by atoms with E-state index in [2.05, 4.69) is 20.3 Å². The first-order valence-corrected chi connectivity index (χ1v) is 7.15. The third kappa shape index (κ3) is 2.63. The number of rotatable bonds is 4. The molecule has 5 nitrogen and oxygen atoms in total. The highest BCUT2D eigenvalue weighted by atomic mass is 35.5. The van der Waals surface area contributed by atoms with Crippen LogP contribution in [0.4, 0.5) is 5.82 Å². The van der Waals surface area contributed by atoms with Crippen LogP contribution in [0.1, 0.15) is 54.8 Å². The average molecular weight is 293 g/mol. The summed E-state index contributed by atoms with van der Waals surface area (Å²) in [5, 5.41) is 3.83. The zero-order valence-electron chi connectivity index (χ0n) is 11.8. The molecule has 0 spiro atoms. The molecule has 6 heteroatoms. The summed E-state index contributed by atoms with van der Waals surface area (Å²) >= 11 is 6.19. The highest BCUT2D eigenvalue weighted by molar-refractivity contribution is 6.30. The number of aryl methyl sites for hydroxylation is 1. The quantitative estimate of drug-likeness (QED) is 0.869. The number of anilines is 1. The van der Waals surface area contributed by atoms with Gasteiger partial charge in [0.05, 0.1) is 6.20 Å². The van der Waals surface area contributed by atoms with Crippen molar-refractivity contribution in [3.8, 4) is 0 Å². The minimum atomic E-state index is -0.0691. The molecule has 1 fully saturated rings. The van der Waals surface area contributed by atoms with Gasteiger partial charge in [0.2, 0.25) is 5.89 Å². The zero-order valence-corrected chi connectivity index (χ0v) is 12.5. The van der Waals surface area contributed by atoms with E-state index >= 15 is 0 Å². The van der Waals surface area contributed by atoms with Crippen molar-refractivity contribution in [3.05, 3.63) is 34.4 Å². The molecule has 1 N–H and O–H groups in total. The largest absolute Gasteiger partial charge is 0.444 e. The average Bonchev–Trinajstić information content (AvgIpc) is 3.16. The predicted octanol–water partition coefficient (Wildman–Crippen LogP) is 3.79. The summed E-state index contributed by atoms with van der Waals surface area (Å²) < 4.78 is 5.53. The molecule has 106 valence electrons. The second kappa shape index (κ2) is 5.05. The number of oxazole rings is 1. The number of halogens is 1. The van der Waals surface area contributed by atoms with E-state index in [-0.39, 0.29) is 6.04 Å². The van der Waals surface area contributed by atoms with Crippen LogP contribution in [0, 0.1) is 13.8 Å². The first-order valence-electron chi connectivity index (χ1n) is 6.77. The van der Waals surface area contributed by atoms with Gasteiger partial charge in [-0.15, -0.1) is 0 Å². The van der Waals surface area contributed by atoms with Crippen LogP contribution < -0.4 is 5.32 Å².